The first kappa shape index (κ1) is 7.91. The molecule has 13 heavy (non-hydrogen) atoms. The van der Waals surface area contributed by atoms with E-state index in [1.165, 1.54) is 6.33 Å². The van der Waals surface area contributed by atoms with E-state index >= 15 is 0 Å². The lowest BCUT2D eigenvalue weighted by Crippen LogP contribution is -1.92. The maximum absolute atomic E-state index is 11.2. The molecule has 4 nitrogen and oxygen atoms in total. The number of hydrogen-bond acceptors (Lipinski definition) is 4. The first-order chi connectivity index (χ1) is 6.31. The smallest absolute Gasteiger partial charge is 0.229 e. The Balaban J connectivity index is 2.56. The van der Waals surface area contributed by atoms with Crippen LogP contribution in [0.3, 0.4) is 0 Å². The minimum atomic E-state index is -0.0157. The Morgan fingerprint density at radius 1 is 1.62 bits per heavy atom. The van der Waals surface area contributed by atoms with Crippen molar-refractivity contribution in [3.8, 4) is 0 Å². The number of ketones is 1. The third-order valence-electron chi connectivity index (χ3n) is 1.79. The van der Waals surface area contributed by atoms with E-state index in [1.807, 2.05) is 0 Å². The van der Waals surface area contributed by atoms with Gasteiger partial charge in [-0.25, -0.2) is 9.97 Å². The van der Waals surface area contributed by atoms with Crippen LogP contribution in [0.5, 0.6) is 0 Å². The monoisotopic (exact) mass is 176 g/mol. The van der Waals surface area contributed by atoms with Crippen LogP contribution in [0, 0.1) is 0 Å². The van der Waals surface area contributed by atoms with Crippen LogP contribution in [0.2, 0.25) is 0 Å². The molecule has 66 valence electrons. The topological polar surface area (TPSA) is 56.0 Å². The van der Waals surface area contributed by atoms with Gasteiger partial charge in [-0.1, -0.05) is 6.92 Å². The highest BCUT2D eigenvalue weighted by molar-refractivity contribution is 5.96. The number of aromatic nitrogens is 2. The van der Waals surface area contributed by atoms with Gasteiger partial charge in [-0.3, -0.25) is 4.79 Å². The number of fused-ring (bicyclic) bond motifs is 1. The molecular weight excluding hydrogens is 168 g/mol. The molecule has 0 atom stereocenters. The highest BCUT2D eigenvalue weighted by Gasteiger charge is 2.10. The van der Waals surface area contributed by atoms with Gasteiger partial charge in [0.2, 0.25) is 5.71 Å². The van der Waals surface area contributed by atoms with Crippen molar-refractivity contribution in [1.29, 1.82) is 0 Å². The van der Waals surface area contributed by atoms with E-state index in [1.54, 1.807) is 19.2 Å². The van der Waals surface area contributed by atoms with Gasteiger partial charge in [-0.05, 0) is 6.07 Å². The molecule has 2 aromatic rings. The third kappa shape index (κ3) is 1.30. The van der Waals surface area contributed by atoms with Gasteiger partial charge in [-0.2, -0.15) is 0 Å². The van der Waals surface area contributed by atoms with Crippen molar-refractivity contribution in [1.82, 2.24) is 9.97 Å². The average molecular weight is 176 g/mol. The summed E-state index contributed by atoms with van der Waals surface area (Å²) in [6.07, 6.45) is 3.46. The van der Waals surface area contributed by atoms with Gasteiger partial charge in [0.25, 0.3) is 0 Å². The van der Waals surface area contributed by atoms with Gasteiger partial charge in [0.1, 0.15) is 6.33 Å². The van der Waals surface area contributed by atoms with Gasteiger partial charge >= 0.3 is 0 Å². The van der Waals surface area contributed by atoms with Gasteiger partial charge in [0.05, 0.1) is 5.39 Å². The Labute approximate surface area is 74.6 Å². The Morgan fingerprint density at radius 2 is 2.46 bits per heavy atom. The fourth-order valence-electron chi connectivity index (χ4n) is 1.10. The Hall–Kier alpha value is -1.71. The lowest BCUT2D eigenvalue weighted by atomic mass is 10.2. The third-order valence-corrected chi connectivity index (χ3v) is 1.79. The van der Waals surface area contributed by atoms with Gasteiger partial charge < -0.3 is 4.42 Å². The Kier molecular flexibility index (Phi) is 1.81. The summed E-state index contributed by atoms with van der Waals surface area (Å²) in [4.78, 5) is 19.0. The lowest BCUT2D eigenvalue weighted by Gasteiger charge is -1.86. The average Bonchev–Trinajstić information content (AvgIpc) is 2.59. The zero-order valence-corrected chi connectivity index (χ0v) is 7.15. The molecule has 0 N–H and O–H groups in total. The fourth-order valence-corrected chi connectivity index (χ4v) is 1.10. The zero-order chi connectivity index (χ0) is 9.26. The molecule has 4 heteroatoms. The highest BCUT2D eigenvalue weighted by Crippen LogP contribution is 2.16. The molecule has 0 aromatic carbocycles. The molecule has 0 saturated heterocycles. The summed E-state index contributed by atoms with van der Waals surface area (Å²) in [5.74, 6) is 0.344. The van der Waals surface area contributed by atoms with Crippen LogP contribution in [-0.2, 0) is 0 Å². The van der Waals surface area contributed by atoms with E-state index < -0.39 is 0 Å². The molecule has 2 rings (SSSR count). The van der Waals surface area contributed by atoms with Crippen LogP contribution in [-0.4, -0.2) is 15.8 Å². The molecule has 0 fully saturated rings. The van der Waals surface area contributed by atoms with Crippen molar-refractivity contribution in [2.45, 2.75) is 13.3 Å². The van der Waals surface area contributed by atoms with Crippen molar-refractivity contribution in [3.05, 3.63) is 24.4 Å². The number of Topliss-reactive ketones (excluding diaryl/α,β-unsaturated/α-hetero) is 1. The number of rotatable bonds is 2. The molecule has 0 unspecified atom stereocenters. The Bertz CT molecular complexity index is 415. The maximum atomic E-state index is 11.2. The molecule has 0 aliphatic carbocycles. The Morgan fingerprint density at radius 3 is 3.15 bits per heavy atom. The maximum Gasteiger partial charge on any atom is 0.229 e. The van der Waals surface area contributed by atoms with Crippen molar-refractivity contribution in [3.63, 3.8) is 0 Å². The van der Waals surface area contributed by atoms with Crippen LogP contribution >= 0.6 is 0 Å². The fraction of sp³-hybridized carbons (Fsp3) is 0.222. The SMILES string of the molecule is CCC(=O)c1cc2cncnc2o1. The first-order valence-corrected chi connectivity index (χ1v) is 4.04. The molecule has 2 aromatic heterocycles. The first-order valence-electron chi connectivity index (χ1n) is 4.04. The standard InChI is InChI=1S/C9H8N2O2/c1-2-7(12)8-3-6-4-10-5-11-9(6)13-8/h3-5H,2H2,1H3. The second-order valence-electron chi connectivity index (χ2n) is 2.67. The summed E-state index contributed by atoms with van der Waals surface area (Å²) in [7, 11) is 0. The van der Waals surface area contributed by atoms with Gasteiger partial charge in [0.15, 0.2) is 11.5 Å². The van der Waals surface area contributed by atoms with Crippen LogP contribution in [0.15, 0.2) is 23.0 Å². The van der Waals surface area contributed by atoms with E-state index in [0.29, 0.717) is 17.9 Å². The summed E-state index contributed by atoms with van der Waals surface area (Å²) < 4.78 is 5.22. The van der Waals surface area contributed by atoms with Crippen molar-refractivity contribution < 1.29 is 9.21 Å². The van der Waals surface area contributed by atoms with E-state index in [-0.39, 0.29) is 5.78 Å². The largest absolute Gasteiger partial charge is 0.435 e. The number of hydrogen-bond donors (Lipinski definition) is 0. The molecule has 0 aliphatic rings. The van der Waals surface area contributed by atoms with Crippen LogP contribution in [0.25, 0.3) is 11.1 Å². The number of carbonyl (C=O) groups excluding carboxylic acids is 1. The number of carbonyl (C=O) groups is 1. The summed E-state index contributed by atoms with van der Waals surface area (Å²) in [5, 5.41) is 0.763. The normalized spacial score (nSPS) is 10.5. The molecule has 0 radical (unpaired) electrons. The molecule has 0 bridgehead atoms. The van der Waals surface area contributed by atoms with Crippen LogP contribution < -0.4 is 0 Å². The second kappa shape index (κ2) is 2.97. The van der Waals surface area contributed by atoms with E-state index in [4.69, 9.17) is 4.42 Å². The second-order valence-corrected chi connectivity index (χ2v) is 2.67. The number of furan rings is 1. The van der Waals surface area contributed by atoms with Crippen LogP contribution in [0.1, 0.15) is 23.9 Å². The summed E-state index contributed by atoms with van der Waals surface area (Å²) in [5.41, 5.74) is 0.465. The molecule has 0 saturated carbocycles. The van der Waals surface area contributed by atoms with Crippen LogP contribution in [0.4, 0.5) is 0 Å². The molecule has 0 aliphatic heterocycles. The van der Waals surface area contributed by atoms with Crippen molar-refractivity contribution >= 4 is 16.9 Å². The van der Waals surface area contributed by atoms with Gasteiger partial charge in [-0.15, -0.1) is 0 Å². The predicted octanol–water partition coefficient (Wildman–Crippen LogP) is 1.82. The minimum absolute atomic E-state index is 0.0157. The molecule has 2 heterocycles. The lowest BCUT2D eigenvalue weighted by molar-refractivity contribution is 0.0963. The summed E-state index contributed by atoms with van der Waals surface area (Å²) >= 11 is 0. The minimum Gasteiger partial charge on any atom is -0.435 e. The zero-order valence-electron chi connectivity index (χ0n) is 7.15. The van der Waals surface area contributed by atoms with E-state index in [9.17, 15) is 4.79 Å². The highest BCUT2D eigenvalue weighted by atomic mass is 16.4. The van der Waals surface area contributed by atoms with Crippen molar-refractivity contribution in [2.24, 2.45) is 0 Å². The quantitative estimate of drug-likeness (QED) is 0.655. The van der Waals surface area contributed by atoms with Gasteiger partial charge in [0, 0.05) is 12.6 Å². The molecular formula is C9H8N2O2. The summed E-state index contributed by atoms with van der Waals surface area (Å²) in [6.45, 7) is 1.79. The predicted molar refractivity (Wildman–Crippen MR) is 46.4 cm³/mol. The summed E-state index contributed by atoms with van der Waals surface area (Å²) in [6, 6.07) is 1.67. The van der Waals surface area contributed by atoms with E-state index in [0.717, 1.165) is 5.39 Å². The number of nitrogens with zero attached hydrogens (tertiary/aromatic N) is 2. The van der Waals surface area contributed by atoms with E-state index in [2.05, 4.69) is 9.97 Å². The molecule has 0 amide bonds. The molecule has 0 spiro atoms. The van der Waals surface area contributed by atoms with Crippen molar-refractivity contribution in [2.75, 3.05) is 0 Å².